The van der Waals surface area contributed by atoms with Crippen LogP contribution in [0.3, 0.4) is 0 Å². The van der Waals surface area contributed by atoms with E-state index < -0.39 is 0 Å². The quantitative estimate of drug-likeness (QED) is 0.870. The van der Waals surface area contributed by atoms with Gasteiger partial charge in [-0.2, -0.15) is 0 Å². The van der Waals surface area contributed by atoms with Crippen LogP contribution in [-0.2, 0) is 17.8 Å². The minimum absolute atomic E-state index is 0.0738. The number of amides is 1. The number of imidazole rings is 1. The van der Waals surface area contributed by atoms with Crippen molar-refractivity contribution in [2.24, 2.45) is 0 Å². The molecule has 0 saturated carbocycles. The fourth-order valence-electron chi connectivity index (χ4n) is 3.45. The Balaban J connectivity index is 1.73. The smallest absolute Gasteiger partial charge is 0.223 e. The summed E-state index contributed by atoms with van der Waals surface area (Å²) < 4.78 is 7.36. The van der Waals surface area contributed by atoms with Gasteiger partial charge in [-0.15, -0.1) is 0 Å². The lowest BCUT2D eigenvalue weighted by atomic mass is 10.1. The van der Waals surface area contributed by atoms with Crippen molar-refractivity contribution in [3.8, 4) is 0 Å². The third-order valence-corrected chi connectivity index (χ3v) is 4.70. The van der Waals surface area contributed by atoms with E-state index in [1.165, 1.54) is 0 Å². The van der Waals surface area contributed by atoms with Gasteiger partial charge in [-0.3, -0.25) is 4.79 Å². The Labute approximate surface area is 136 Å². The molecule has 1 unspecified atom stereocenters. The highest BCUT2D eigenvalue weighted by atomic mass is 16.5. The number of nitrogens with zero attached hydrogens (tertiary/aromatic N) is 4. The maximum absolute atomic E-state index is 12.8. The van der Waals surface area contributed by atoms with Crippen molar-refractivity contribution in [2.75, 3.05) is 6.54 Å². The monoisotopic (exact) mass is 316 g/mol. The zero-order valence-electron chi connectivity index (χ0n) is 14.1. The number of aryl methyl sites for hydroxylation is 3. The maximum Gasteiger partial charge on any atom is 0.223 e. The second-order valence-corrected chi connectivity index (χ2v) is 6.15. The topological polar surface area (TPSA) is 64.2 Å². The summed E-state index contributed by atoms with van der Waals surface area (Å²) in [5.74, 6) is 2.01. The zero-order valence-corrected chi connectivity index (χ0v) is 14.1. The van der Waals surface area contributed by atoms with Crippen LogP contribution in [-0.4, -0.2) is 32.1 Å². The predicted octanol–water partition coefficient (Wildman–Crippen LogP) is 2.80. The van der Waals surface area contributed by atoms with Crippen LogP contribution in [0, 0.1) is 13.8 Å². The summed E-state index contributed by atoms with van der Waals surface area (Å²) in [5.41, 5.74) is 1.94. The van der Waals surface area contributed by atoms with Crippen LogP contribution < -0.4 is 0 Å². The van der Waals surface area contributed by atoms with Crippen molar-refractivity contribution in [2.45, 2.75) is 59.0 Å². The molecule has 6 nitrogen and oxygen atoms in total. The summed E-state index contributed by atoms with van der Waals surface area (Å²) in [6.45, 7) is 7.66. The molecule has 6 heteroatoms. The van der Waals surface area contributed by atoms with E-state index in [1.807, 2.05) is 31.1 Å². The molecule has 0 bridgehead atoms. The largest absolute Gasteiger partial charge is 0.361 e. The molecule has 0 aromatic carbocycles. The standard InChI is InChI=1S/C17H24N4O2/c1-4-15-17-18-8-11-20(17)9-5-10-21(15)16(22)7-6-14-12(2)19-23-13(14)3/h8,11,15H,4-7,9-10H2,1-3H3. The lowest BCUT2D eigenvalue weighted by Gasteiger charge is -2.28. The highest BCUT2D eigenvalue weighted by Crippen LogP contribution is 2.27. The summed E-state index contributed by atoms with van der Waals surface area (Å²) in [7, 11) is 0. The Bertz CT molecular complexity index is 669. The molecule has 0 saturated heterocycles. The van der Waals surface area contributed by atoms with Gasteiger partial charge in [-0.25, -0.2) is 4.98 Å². The van der Waals surface area contributed by atoms with E-state index in [4.69, 9.17) is 4.52 Å². The van der Waals surface area contributed by atoms with Crippen LogP contribution in [0.25, 0.3) is 0 Å². The minimum atomic E-state index is 0.0738. The molecule has 0 aliphatic carbocycles. The molecule has 1 atom stereocenters. The van der Waals surface area contributed by atoms with Crippen LogP contribution in [0.4, 0.5) is 0 Å². The number of aromatic nitrogens is 3. The van der Waals surface area contributed by atoms with Gasteiger partial charge in [0.25, 0.3) is 0 Å². The van der Waals surface area contributed by atoms with Gasteiger partial charge in [0.2, 0.25) is 5.91 Å². The van der Waals surface area contributed by atoms with Gasteiger partial charge >= 0.3 is 0 Å². The fourth-order valence-corrected chi connectivity index (χ4v) is 3.45. The average molecular weight is 316 g/mol. The van der Waals surface area contributed by atoms with Gasteiger partial charge in [0.05, 0.1) is 11.7 Å². The molecule has 0 radical (unpaired) electrons. The molecule has 1 aliphatic rings. The maximum atomic E-state index is 12.8. The number of hydrogen-bond donors (Lipinski definition) is 0. The van der Waals surface area contributed by atoms with Gasteiger partial charge < -0.3 is 14.0 Å². The Morgan fingerprint density at radius 3 is 2.91 bits per heavy atom. The van der Waals surface area contributed by atoms with Crippen LogP contribution in [0.15, 0.2) is 16.9 Å². The molecule has 0 spiro atoms. The molecule has 0 N–H and O–H groups in total. The van der Waals surface area contributed by atoms with Gasteiger partial charge in [0.15, 0.2) is 0 Å². The first-order valence-electron chi connectivity index (χ1n) is 8.34. The van der Waals surface area contributed by atoms with Crippen molar-refractivity contribution in [1.82, 2.24) is 19.6 Å². The van der Waals surface area contributed by atoms with E-state index in [0.717, 1.165) is 48.8 Å². The molecule has 3 rings (SSSR count). The van der Waals surface area contributed by atoms with Crippen LogP contribution >= 0.6 is 0 Å². The summed E-state index contributed by atoms with van der Waals surface area (Å²) in [4.78, 5) is 19.3. The van der Waals surface area contributed by atoms with Crippen molar-refractivity contribution in [1.29, 1.82) is 0 Å². The van der Waals surface area contributed by atoms with Gasteiger partial charge in [-0.05, 0) is 33.1 Å². The van der Waals surface area contributed by atoms with Crippen molar-refractivity contribution in [3.05, 3.63) is 35.2 Å². The molecular formula is C17H24N4O2. The first-order valence-corrected chi connectivity index (χ1v) is 8.34. The first-order chi connectivity index (χ1) is 11.1. The van der Waals surface area contributed by atoms with Crippen molar-refractivity contribution >= 4 is 5.91 Å². The van der Waals surface area contributed by atoms with E-state index in [1.54, 1.807) is 0 Å². The number of hydrogen-bond acceptors (Lipinski definition) is 4. The number of rotatable bonds is 4. The summed E-state index contributed by atoms with van der Waals surface area (Å²) in [6, 6.07) is 0.0738. The number of fused-ring (bicyclic) bond motifs is 1. The molecule has 124 valence electrons. The van der Waals surface area contributed by atoms with Crippen LogP contribution in [0.5, 0.6) is 0 Å². The van der Waals surface area contributed by atoms with Crippen LogP contribution in [0.2, 0.25) is 0 Å². The first kappa shape index (κ1) is 15.8. The predicted molar refractivity (Wildman–Crippen MR) is 85.9 cm³/mol. The number of carbonyl (C=O) groups is 1. The summed E-state index contributed by atoms with van der Waals surface area (Å²) in [6.07, 6.45) is 6.86. The average Bonchev–Trinajstić information content (AvgIpc) is 3.07. The lowest BCUT2D eigenvalue weighted by Crippen LogP contribution is -2.35. The summed E-state index contributed by atoms with van der Waals surface area (Å²) >= 11 is 0. The SMILES string of the molecule is CCC1c2nccn2CCCN1C(=O)CCc1c(C)noc1C. The second-order valence-electron chi connectivity index (χ2n) is 6.15. The van der Waals surface area contributed by atoms with E-state index in [0.29, 0.717) is 12.8 Å². The van der Waals surface area contributed by atoms with Crippen molar-refractivity contribution in [3.63, 3.8) is 0 Å². The van der Waals surface area contributed by atoms with Crippen LogP contribution in [0.1, 0.15) is 55.1 Å². The minimum Gasteiger partial charge on any atom is -0.361 e. The molecule has 2 aromatic heterocycles. The molecule has 3 heterocycles. The molecule has 23 heavy (non-hydrogen) atoms. The number of carbonyl (C=O) groups excluding carboxylic acids is 1. The highest BCUT2D eigenvalue weighted by molar-refractivity contribution is 5.77. The Hall–Kier alpha value is -2.11. The normalized spacial score (nSPS) is 17.9. The van der Waals surface area contributed by atoms with Crippen molar-refractivity contribution < 1.29 is 9.32 Å². The Morgan fingerprint density at radius 1 is 1.39 bits per heavy atom. The fraction of sp³-hybridized carbons (Fsp3) is 0.588. The highest BCUT2D eigenvalue weighted by Gasteiger charge is 2.29. The van der Waals surface area contributed by atoms with E-state index in [-0.39, 0.29) is 11.9 Å². The van der Waals surface area contributed by atoms with E-state index >= 15 is 0 Å². The van der Waals surface area contributed by atoms with E-state index in [2.05, 4.69) is 21.6 Å². The molecule has 0 fully saturated rings. The Kier molecular flexibility index (Phi) is 4.50. The van der Waals surface area contributed by atoms with Gasteiger partial charge in [0, 0.05) is 37.5 Å². The lowest BCUT2D eigenvalue weighted by molar-refractivity contribution is -0.133. The Morgan fingerprint density at radius 2 is 2.22 bits per heavy atom. The van der Waals surface area contributed by atoms with Gasteiger partial charge in [-0.1, -0.05) is 12.1 Å². The second kappa shape index (κ2) is 6.56. The third kappa shape index (κ3) is 3.02. The summed E-state index contributed by atoms with van der Waals surface area (Å²) in [5, 5.41) is 3.96. The zero-order chi connectivity index (χ0) is 16.4. The van der Waals surface area contributed by atoms with E-state index in [9.17, 15) is 4.79 Å². The molecule has 1 aliphatic heterocycles. The molecule has 2 aromatic rings. The molecular weight excluding hydrogens is 292 g/mol. The third-order valence-electron chi connectivity index (χ3n) is 4.70. The molecule has 1 amide bonds. The van der Waals surface area contributed by atoms with Gasteiger partial charge in [0.1, 0.15) is 11.6 Å².